The minimum Gasteiger partial charge on any atom is -0.0953 e. The molecule has 0 spiro atoms. The van der Waals surface area contributed by atoms with Gasteiger partial charge in [0.2, 0.25) is 0 Å². The van der Waals surface area contributed by atoms with E-state index in [0.717, 1.165) is 53.8 Å². The molecule has 0 bridgehead atoms. The lowest BCUT2D eigenvalue weighted by molar-refractivity contribution is -0.0740. The predicted molar refractivity (Wildman–Crippen MR) is 193 cm³/mol. The molecule has 0 heteroatoms. The van der Waals surface area contributed by atoms with Gasteiger partial charge in [0.15, 0.2) is 0 Å². The average Bonchev–Trinajstić information content (AvgIpc) is 3.39. The minimum absolute atomic E-state index is 0.194. The minimum atomic E-state index is 0.194. The van der Waals surface area contributed by atoms with Crippen molar-refractivity contribution in [2.24, 2.45) is 58.2 Å². The van der Waals surface area contributed by atoms with Gasteiger partial charge in [-0.3, -0.25) is 0 Å². The van der Waals surface area contributed by atoms with E-state index in [1.54, 1.807) is 38.5 Å². The Morgan fingerprint density at radius 1 is 0.857 bits per heavy atom. The van der Waals surface area contributed by atoms with Gasteiger partial charge in [-0.15, -0.1) is 0 Å². The molecule has 4 aliphatic carbocycles. The van der Waals surface area contributed by atoms with Crippen LogP contribution < -0.4 is 0 Å². The molecule has 0 N–H and O–H groups in total. The van der Waals surface area contributed by atoms with Crippen molar-refractivity contribution in [3.05, 3.63) is 36.0 Å². The van der Waals surface area contributed by atoms with Crippen molar-refractivity contribution in [3.8, 4) is 0 Å². The SMILES string of the molecule is C=C(/C=C\C(=C/C)CC(C)C1CCC2C3CCC4CC(CCC)CCC4C3CCC12C)C(C)(C)CC.CC.CC.CC. The summed E-state index contributed by atoms with van der Waals surface area (Å²) in [5.41, 5.74) is 3.56. The molecule has 0 aliphatic heterocycles. The van der Waals surface area contributed by atoms with Crippen molar-refractivity contribution in [2.75, 3.05) is 0 Å². The van der Waals surface area contributed by atoms with E-state index in [0.29, 0.717) is 5.41 Å². The Morgan fingerprint density at radius 3 is 2.10 bits per heavy atom. The second kappa shape index (κ2) is 18.9. The monoisotopic (exact) mass is 583 g/mol. The van der Waals surface area contributed by atoms with Crippen LogP contribution in [0.1, 0.15) is 173 Å². The largest absolute Gasteiger partial charge is 0.0953 e. The van der Waals surface area contributed by atoms with E-state index in [1.165, 1.54) is 49.7 Å². The molecule has 4 saturated carbocycles. The van der Waals surface area contributed by atoms with Gasteiger partial charge in [0.1, 0.15) is 0 Å². The topological polar surface area (TPSA) is 0 Å². The first-order valence-corrected chi connectivity index (χ1v) is 19.2. The number of rotatable bonds is 9. The Morgan fingerprint density at radius 2 is 1.50 bits per heavy atom. The van der Waals surface area contributed by atoms with Crippen LogP contribution in [-0.2, 0) is 0 Å². The zero-order valence-corrected chi connectivity index (χ0v) is 31.3. The maximum Gasteiger partial charge on any atom is -0.0112 e. The van der Waals surface area contributed by atoms with Crippen LogP contribution in [0.15, 0.2) is 36.0 Å². The molecule has 9 unspecified atom stereocenters. The zero-order chi connectivity index (χ0) is 32.1. The fraction of sp³-hybridized carbons (Fsp3) is 0.857. The van der Waals surface area contributed by atoms with E-state index in [4.69, 9.17) is 0 Å². The molecule has 4 aliphatic rings. The van der Waals surface area contributed by atoms with E-state index in [1.807, 2.05) is 41.5 Å². The van der Waals surface area contributed by atoms with E-state index in [2.05, 4.69) is 73.3 Å². The van der Waals surface area contributed by atoms with Crippen LogP contribution >= 0.6 is 0 Å². The third-order valence-corrected chi connectivity index (χ3v) is 12.7. The van der Waals surface area contributed by atoms with E-state index in [9.17, 15) is 0 Å². The third kappa shape index (κ3) is 9.13. The van der Waals surface area contributed by atoms with Crippen molar-refractivity contribution in [1.82, 2.24) is 0 Å². The predicted octanol–water partition coefficient (Wildman–Crippen LogP) is 14.3. The molecule has 0 saturated heterocycles. The molecule has 0 heterocycles. The van der Waals surface area contributed by atoms with Crippen LogP contribution in [0.2, 0.25) is 0 Å². The molecule has 4 rings (SSSR count). The summed E-state index contributed by atoms with van der Waals surface area (Å²) in [4.78, 5) is 0. The first-order chi connectivity index (χ1) is 20.1. The molecular formula is C42H78. The lowest BCUT2D eigenvalue weighted by atomic mass is 9.48. The van der Waals surface area contributed by atoms with Crippen molar-refractivity contribution >= 4 is 0 Å². The smallest absolute Gasteiger partial charge is 0.0112 e. The van der Waals surface area contributed by atoms with Gasteiger partial charge >= 0.3 is 0 Å². The maximum atomic E-state index is 4.39. The normalized spacial score (nSPS) is 34.7. The molecule has 0 nitrogen and oxygen atoms in total. The molecular weight excluding hydrogens is 504 g/mol. The molecule has 0 aromatic carbocycles. The van der Waals surface area contributed by atoms with E-state index in [-0.39, 0.29) is 5.41 Å². The fourth-order valence-corrected chi connectivity index (χ4v) is 10.1. The average molecular weight is 583 g/mol. The standard InChI is InChI=1S/C36H60.3C2H6/c1-9-12-28-15-17-30-29(24-28)16-18-32-31(30)21-22-36(8)33(19-20-34(32)36)25(4)23-27(10-2)14-13-26(5)35(6,7)11-3;3*1-2/h10,13-14,25,28-34H,5,9,11-12,15-24H2,1-4,6-8H3;3*1-2H3/b14-13-,27-10+;;;. The Kier molecular flexibility index (Phi) is 17.7. The number of fused-ring (bicyclic) bond motifs is 5. The van der Waals surface area contributed by atoms with Gasteiger partial charge in [-0.1, -0.05) is 133 Å². The Balaban J connectivity index is 0.00000138. The molecule has 0 radical (unpaired) electrons. The summed E-state index contributed by atoms with van der Waals surface area (Å²) in [6.07, 6.45) is 26.2. The van der Waals surface area contributed by atoms with Crippen molar-refractivity contribution in [3.63, 3.8) is 0 Å². The molecule has 0 aromatic rings. The van der Waals surface area contributed by atoms with Crippen LogP contribution in [0.5, 0.6) is 0 Å². The summed E-state index contributed by atoms with van der Waals surface area (Å²) in [5.74, 6) is 8.02. The second-order valence-corrected chi connectivity index (χ2v) is 14.8. The molecule has 246 valence electrons. The summed E-state index contributed by atoms with van der Waals surface area (Å²) >= 11 is 0. The van der Waals surface area contributed by atoms with Crippen LogP contribution in [0, 0.1) is 58.2 Å². The highest BCUT2D eigenvalue weighted by atomic mass is 14.6. The third-order valence-electron chi connectivity index (χ3n) is 12.7. The Bertz CT molecular complexity index is 810. The lowest BCUT2D eigenvalue weighted by Gasteiger charge is -2.57. The summed E-state index contributed by atoms with van der Waals surface area (Å²) in [6, 6.07) is 0. The van der Waals surface area contributed by atoms with Crippen LogP contribution in [0.4, 0.5) is 0 Å². The van der Waals surface area contributed by atoms with Gasteiger partial charge in [0, 0.05) is 0 Å². The first kappa shape index (κ1) is 39.2. The van der Waals surface area contributed by atoms with Gasteiger partial charge < -0.3 is 0 Å². The Labute approximate surface area is 267 Å². The summed E-state index contributed by atoms with van der Waals surface area (Å²) in [6.45, 7) is 33.2. The second-order valence-electron chi connectivity index (χ2n) is 14.8. The van der Waals surface area contributed by atoms with Crippen LogP contribution in [-0.4, -0.2) is 0 Å². The molecule has 9 atom stereocenters. The van der Waals surface area contributed by atoms with Gasteiger partial charge in [-0.05, 0) is 135 Å². The van der Waals surface area contributed by atoms with Gasteiger partial charge in [0.05, 0.1) is 0 Å². The van der Waals surface area contributed by atoms with E-state index >= 15 is 0 Å². The number of allylic oxidation sites excluding steroid dienone is 5. The molecule has 0 aromatic heterocycles. The van der Waals surface area contributed by atoms with Crippen LogP contribution in [0.25, 0.3) is 0 Å². The van der Waals surface area contributed by atoms with Crippen molar-refractivity contribution in [1.29, 1.82) is 0 Å². The van der Waals surface area contributed by atoms with E-state index < -0.39 is 0 Å². The summed E-state index contributed by atoms with van der Waals surface area (Å²) in [7, 11) is 0. The number of hydrogen-bond acceptors (Lipinski definition) is 0. The van der Waals surface area contributed by atoms with Crippen LogP contribution in [0.3, 0.4) is 0 Å². The fourth-order valence-electron chi connectivity index (χ4n) is 10.1. The van der Waals surface area contributed by atoms with Crippen molar-refractivity contribution < 1.29 is 0 Å². The molecule has 0 amide bonds. The highest BCUT2D eigenvalue weighted by molar-refractivity contribution is 5.29. The quantitative estimate of drug-likeness (QED) is 0.237. The maximum absolute atomic E-state index is 4.39. The van der Waals surface area contributed by atoms with Gasteiger partial charge in [-0.2, -0.15) is 0 Å². The summed E-state index contributed by atoms with van der Waals surface area (Å²) in [5, 5.41) is 0. The Hall–Kier alpha value is -0.780. The summed E-state index contributed by atoms with van der Waals surface area (Å²) < 4.78 is 0. The van der Waals surface area contributed by atoms with Crippen molar-refractivity contribution in [2.45, 2.75) is 173 Å². The lowest BCUT2D eigenvalue weighted by Crippen LogP contribution is -2.49. The first-order valence-electron chi connectivity index (χ1n) is 19.2. The molecule has 4 fully saturated rings. The highest BCUT2D eigenvalue weighted by Crippen LogP contribution is 2.66. The molecule has 42 heavy (non-hydrogen) atoms. The van der Waals surface area contributed by atoms with Gasteiger partial charge in [-0.25, -0.2) is 0 Å². The van der Waals surface area contributed by atoms with Gasteiger partial charge in [0.25, 0.3) is 0 Å². The number of hydrogen-bond donors (Lipinski definition) is 0. The zero-order valence-electron chi connectivity index (χ0n) is 31.3. The highest BCUT2D eigenvalue weighted by Gasteiger charge is 2.57.